The van der Waals surface area contributed by atoms with Gasteiger partial charge in [0.1, 0.15) is 11.4 Å². The van der Waals surface area contributed by atoms with Crippen molar-refractivity contribution in [3.05, 3.63) is 168 Å². The molecule has 0 bridgehead atoms. The van der Waals surface area contributed by atoms with Crippen LogP contribution in [-0.2, 0) is 5.41 Å². The first-order valence-electron chi connectivity index (χ1n) is 17.1. The molecule has 0 radical (unpaired) electrons. The molecule has 8 aromatic rings. The molecule has 0 unspecified atom stereocenters. The van der Waals surface area contributed by atoms with Crippen LogP contribution in [0.5, 0.6) is 5.75 Å². The minimum absolute atomic E-state index is 0.208. The fraction of sp³-hybridized carbons (Fsp3) is 0.0870. The van der Waals surface area contributed by atoms with Crippen molar-refractivity contribution in [2.45, 2.75) is 26.2 Å². The Bertz CT molecular complexity index is 2600. The van der Waals surface area contributed by atoms with E-state index in [-0.39, 0.29) is 11.2 Å². The number of phenols is 1. The van der Waals surface area contributed by atoms with Crippen LogP contribution in [0.1, 0.15) is 30.5 Å². The second-order valence-corrected chi connectivity index (χ2v) is 13.7. The van der Waals surface area contributed by atoms with Gasteiger partial charge >= 0.3 is 0 Å². The first kappa shape index (κ1) is 29.8. The maximum absolute atomic E-state index is 12.1. The maximum atomic E-state index is 12.1. The Hall–Kier alpha value is -6.26. The van der Waals surface area contributed by atoms with Crippen molar-refractivity contribution in [1.82, 2.24) is 14.4 Å². The van der Waals surface area contributed by atoms with Gasteiger partial charge in [-0.25, -0.2) is 9.97 Å². The summed E-state index contributed by atoms with van der Waals surface area (Å²) in [7, 11) is 0. The number of fused-ring (bicyclic) bond motifs is 4. The molecular formula is C46H35N3O. The number of aromatic nitrogens is 3. The monoisotopic (exact) mass is 645 g/mol. The number of phenolic OH excluding ortho intramolecular Hbond substituents is 1. The highest BCUT2D eigenvalue weighted by Crippen LogP contribution is 2.54. The second-order valence-electron chi connectivity index (χ2n) is 13.7. The van der Waals surface area contributed by atoms with E-state index in [2.05, 4.69) is 141 Å². The second kappa shape index (κ2) is 11.4. The fourth-order valence-electron chi connectivity index (χ4n) is 7.75. The SMILES string of the molecule is Cc1ccccc1-c1cc(-c2cccc(-c3nc4ccccn4c3-c3ccccc3)c2)nc(-c2ccc3c(c2O)-c2ccccc2C3(C)C)c1. The van der Waals surface area contributed by atoms with Gasteiger partial charge in [0.05, 0.1) is 22.8 Å². The van der Waals surface area contributed by atoms with E-state index in [1.807, 2.05) is 36.4 Å². The van der Waals surface area contributed by atoms with E-state index >= 15 is 0 Å². The number of rotatable bonds is 5. The van der Waals surface area contributed by atoms with Crippen molar-refractivity contribution in [2.75, 3.05) is 0 Å². The molecule has 4 nitrogen and oxygen atoms in total. The van der Waals surface area contributed by atoms with Gasteiger partial charge in [-0.1, -0.05) is 123 Å². The number of hydrogen-bond donors (Lipinski definition) is 1. The highest BCUT2D eigenvalue weighted by molar-refractivity contribution is 5.91. The highest BCUT2D eigenvalue weighted by atomic mass is 16.3. The summed E-state index contributed by atoms with van der Waals surface area (Å²) < 4.78 is 2.16. The number of aromatic hydroxyl groups is 1. The Morgan fingerprint density at radius 2 is 1.24 bits per heavy atom. The van der Waals surface area contributed by atoms with Crippen LogP contribution in [0.4, 0.5) is 0 Å². The predicted octanol–water partition coefficient (Wildman–Crippen LogP) is 11.4. The smallest absolute Gasteiger partial charge is 0.137 e. The molecule has 0 amide bonds. The van der Waals surface area contributed by atoms with Crippen LogP contribution in [0.25, 0.3) is 72.9 Å². The van der Waals surface area contributed by atoms with E-state index in [0.717, 1.165) is 78.5 Å². The Morgan fingerprint density at radius 1 is 0.540 bits per heavy atom. The fourth-order valence-corrected chi connectivity index (χ4v) is 7.75. The third-order valence-corrected chi connectivity index (χ3v) is 10.3. The summed E-state index contributed by atoms with van der Waals surface area (Å²) in [6.45, 7) is 6.59. The molecule has 0 fully saturated rings. The van der Waals surface area contributed by atoms with Gasteiger partial charge in [-0.2, -0.15) is 0 Å². The first-order chi connectivity index (χ1) is 24.4. The zero-order valence-electron chi connectivity index (χ0n) is 28.2. The minimum Gasteiger partial charge on any atom is -0.507 e. The molecule has 0 atom stereocenters. The Morgan fingerprint density at radius 3 is 2.08 bits per heavy atom. The molecule has 0 spiro atoms. The van der Waals surface area contributed by atoms with Gasteiger partial charge < -0.3 is 5.11 Å². The molecule has 9 rings (SSSR count). The van der Waals surface area contributed by atoms with Crippen molar-refractivity contribution in [2.24, 2.45) is 0 Å². The van der Waals surface area contributed by atoms with Crippen LogP contribution in [0.2, 0.25) is 0 Å². The van der Waals surface area contributed by atoms with Crippen LogP contribution in [0.15, 0.2) is 152 Å². The largest absolute Gasteiger partial charge is 0.507 e. The number of nitrogens with zero attached hydrogens (tertiary/aromatic N) is 3. The van der Waals surface area contributed by atoms with E-state index in [1.54, 1.807) is 0 Å². The maximum Gasteiger partial charge on any atom is 0.137 e. The number of imidazole rings is 1. The van der Waals surface area contributed by atoms with Gasteiger partial charge in [0.15, 0.2) is 0 Å². The molecular weight excluding hydrogens is 611 g/mol. The van der Waals surface area contributed by atoms with E-state index in [4.69, 9.17) is 9.97 Å². The molecule has 3 heterocycles. The predicted molar refractivity (Wildman–Crippen MR) is 204 cm³/mol. The quantitative estimate of drug-likeness (QED) is 0.203. The molecule has 4 heteroatoms. The summed E-state index contributed by atoms with van der Waals surface area (Å²) >= 11 is 0. The Kier molecular flexibility index (Phi) is 6.82. The minimum atomic E-state index is -0.208. The zero-order valence-corrected chi connectivity index (χ0v) is 28.2. The summed E-state index contributed by atoms with van der Waals surface area (Å²) in [5.74, 6) is 0.270. The molecule has 0 aliphatic heterocycles. The van der Waals surface area contributed by atoms with Crippen LogP contribution < -0.4 is 0 Å². The standard InChI is InChI=1S/C46H35N3O/c1-29-14-7-8-19-34(29)33-27-39(47-40(28-33)36-23-24-38-42(45(36)50)35-20-9-10-21-37(35)46(38,2)3)31-17-13-18-32(26-31)43-44(30-15-5-4-6-16-30)49-25-12-11-22-41(49)48-43/h4-28,50H,1-3H3. The third-order valence-electron chi connectivity index (χ3n) is 10.3. The van der Waals surface area contributed by atoms with E-state index < -0.39 is 0 Å². The molecule has 0 saturated carbocycles. The lowest BCUT2D eigenvalue weighted by Gasteiger charge is -2.21. The van der Waals surface area contributed by atoms with Gasteiger partial charge in [0.25, 0.3) is 0 Å². The van der Waals surface area contributed by atoms with Crippen LogP contribution >= 0.6 is 0 Å². The van der Waals surface area contributed by atoms with Crippen LogP contribution in [0, 0.1) is 6.92 Å². The van der Waals surface area contributed by atoms with Gasteiger partial charge in [-0.3, -0.25) is 4.40 Å². The van der Waals surface area contributed by atoms with Crippen molar-refractivity contribution >= 4 is 5.65 Å². The van der Waals surface area contributed by atoms with E-state index in [0.29, 0.717) is 0 Å². The lowest BCUT2D eigenvalue weighted by molar-refractivity contribution is 0.478. The molecule has 1 aliphatic carbocycles. The van der Waals surface area contributed by atoms with E-state index in [1.165, 1.54) is 11.1 Å². The van der Waals surface area contributed by atoms with E-state index in [9.17, 15) is 5.11 Å². The first-order valence-corrected chi connectivity index (χ1v) is 17.1. The average Bonchev–Trinajstić information content (AvgIpc) is 3.65. The Balaban J connectivity index is 1.24. The molecule has 240 valence electrons. The highest BCUT2D eigenvalue weighted by Gasteiger charge is 2.37. The zero-order chi connectivity index (χ0) is 34.0. The van der Waals surface area contributed by atoms with Gasteiger partial charge in [-0.05, 0) is 76.7 Å². The van der Waals surface area contributed by atoms with Gasteiger partial charge in [0.2, 0.25) is 0 Å². The Labute approximate surface area is 292 Å². The van der Waals surface area contributed by atoms with Crippen molar-refractivity contribution in [1.29, 1.82) is 0 Å². The summed E-state index contributed by atoms with van der Waals surface area (Å²) in [6.07, 6.45) is 2.07. The van der Waals surface area contributed by atoms with Crippen molar-refractivity contribution < 1.29 is 5.11 Å². The van der Waals surface area contributed by atoms with Gasteiger partial charge in [0, 0.05) is 39.4 Å². The van der Waals surface area contributed by atoms with Crippen molar-refractivity contribution in [3.8, 4) is 73.0 Å². The molecule has 1 N–H and O–H groups in total. The normalized spacial score (nSPS) is 12.9. The lowest BCUT2D eigenvalue weighted by Crippen LogP contribution is -2.14. The molecule has 0 saturated heterocycles. The van der Waals surface area contributed by atoms with Crippen LogP contribution in [0.3, 0.4) is 0 Å². The number of hydrogen-bond acceptors (Lipinski definition) is 3. The summed E-state index contributed by atoms with van der Waals surface area (Å²) in [4.78, 5) is 10.4. The third kappa shape index (κ3) is 4.67. The van der Waals surface area contributed by atoms with Gasteiger partial charge in [-0.15, -0.1) is 0 Å². The number of aryl methyl sites for hydroxylation is 1. The number of benzene rings is 5. The molecule has 3 aromatic heterocycles. The summed E-state index contributed by atoms with van der Waals surface area (Å²) in [5, 5.41) is 12.1. The van der Waals surface area contributed by atoms with Crippen LogP contribution in [-0.4, -0.2) is 19.5 Å². The molecule has 50 heavy (non-hydrogen) atoms. The topological polar surface area (TPSA) is 50.4 Å². The average molecular weight is 646 g/mol. The molecule has 1 aliphatic rings. The lowest BCUT2D eigenvalue weighted by atomic mass is 9.82. The van der Waals surface area contributed by atoms with Crippen molar-refractivity contribution in [3.63, 3.8) is 0 Å². The summed E-state index contributed by atoms with van der Waals surface area (Å²) in [6, 6.07) is 50.3. The summed E-state index contributed by atoms with van der Waals surface area (Å²) in [5.41, 5.74) is 15.7. The number of pyridine rings is 2. The molecule has 5 aromatic carbocycles.